The van der Waals surface area contributed by atoms with E-state index < -0.39 is 23.5 Å². The molecule has 2 amide bonds. The zero-order valence-electron chi connectivity index (χ0n) is 11.3. The Labute approximate surface area is 112 Å². The Bertz CT molecular complexity index is 520. The summed E-state index contributed by atoms with van der Waals surface area (Å²) in [5.74, 6) is -0.901. The number of benzene rings is 1. The summed E-state index contributed by atoms with van der Waals surface area (Å²) in [5.41, 5.74) is 6.29. The van der Waals surface area contributed by atoms with E-state index in [-0.39, 0.29) is 6.54 Å². The van der Waals surface area contributed by atoms with Crippen LogP contribution in [0.2, 0.25) is 0 Å². The molecule has 1 aromatic rings. The number of primary amides is 1. The van der Waals surface area contributed by atoms with Gasteiger partial charge in [-0.05, 0) is 32.4 Å². The van der Waals surface area contributed by atoms with Crippen LogP contribution in [0.5, 0.6) is 0 Å². The number of amides is 2. The minimum Gasteiger partial charge on any atom is -0.443 e. The van der Waals surface area contributed by atoms with Crippen LogP contribution in [0.3, 0.4) is 0 Å². The highest BCUT2D eigenvalue weighted by atomic mass is 16.6. The predicted octanol–water partition coefficient (Wildman–Crippen LogP) is 2.01. The van der Waals surface area contributed by atoms with E-state index in [1.165, 1.54) is 4.90 Å². The van der Waals surface area contributed by atoms with Crippen molar-refractivity contribution in [3.05, 3.63) is 29.8 Å². The van der Waals surface area contributed by atoms with E-state index in [0.717, 1.165) is 5.56 Å². The molecule has 1 aliphatic rings. The van der Waals surface area contributed by atoms with Gasteiger partial charge in [0.2, 0.25) is 5.91 Å². The molecule has 19 heavy (non-hydrogen) atoms. The Hall–Kier alpha value is -2.04. The fourth-order valence-corrected chi connectivity index (χ4v) is 2.14. The molecule has 102 valence electrons. The zero-order chi connectivity index (χ0) is 14.2. The van der Waals surface area contributed by atoms with Crippen molar-refractivity contribution in [2.45, 2.75) is 32.3 Å². The summed E-state index contributed by atoms with van der Waals surface area (Å²) in [6.07, 6.45) is -0.455. The van der Waals surface area contributed by atoms with Crippen LogP contribution in [0.15, 0.2) is 24.3 Å². The number of nitrogens with zero attached hydrogens (tertiary/aromatic N) is 1. The topological polar surface area (TPSA) is 72.6 Å². The fraction of sp³-hybridized carbons (Fsp3) is 0.429. The van der Waals surface area contributed by atoms with Crippen LogP contribution in [-0.4, -0.2) is 24.1 Å². The number of nitrogens with two attached hydrogens (primary N) is 1. The highest BCUT2D eigenvalue weighted by molar-refractivity contribution is 5.96. The number of hydrogen-bond donors (Lipinski definition) is 1. The third-order valence-electron chi connectivity index (χ3n) is 2.93. The van der Waals surface area contributed by atoms with Gasteiger partial charge in [-0.3, -0.25) is 9.69 Å². The van der Waals surface area contributed by atoms with Gasteiger partial charge < -0.3 is 10.5 Å². The SMILES string of the molecule is CC(C)(C)OC(=O)N1C[C@@H](C(N)=O)c2ccccc21. The molecule has 2 N–H and O–H groups in total. The molecule has 1 atom stereocenters. The van der Waals surface area contributed by atoms with Crippen LogP contribution in [0.1, 0.15) is 32.3 Å². The average molecular weight is 262 g/mol. The molecule has 2 rings (SSSR count). The fourth-order valence-electron chi connectivity index (χ4n) is 2.14. The van der Waals surface area contributed by atoms with Crippen LogP contribution >= 0.6 is 0 Å². The lowest BCUT2D eigenvalue weighted by molar-refractivity contribution is -0.119. The van der Waals surface area contributed by atoms with Gasteiger partial charge in [0.05, 0.1) is 11.6 Å². The number of carbonyl (C=O) groups is 2. The summed E-state index contributed by atoms with van der Waals surface area (Å²) >= 11 is 0. The maximum absolute atomic E-state index is 12.1. The van der Waals surface area contributed by atoms with E-state index >= 15 is 0 Å². The van der Waals surface area contributed by atoms with Crippen LogP contribution in [0.25, 0.3) is 0 Å². The Morgan fingerprint density at radius 3 is 2.53 bits per heavy atom. The number of carbonyl (C=O) groups excluding carboxylic acids is 2. The van der Waals surface area contributed by atoms with Crippen LogP contribution in [0, 0.1) is 0 Å². The average Bonchev–Trinajstić information content (AvgIpc) is 2.66. The van der Waals surface area contributed by atoms with Gasteiger partial charge in [-0.15, -0.1) is 0 Å². The lowest BCUT2D eigenvalue weighted by atomic mass is 10.0. The molecule has 5 nitrogen and oxygen atoms in total. The predicted molar refractivity (Wildman–Crippen MR) is 72.0 cm³/mol. The second-order valence-electron chi connectivity index (χ2n) is 5.60. The summed E-state index contributed by atoms with van der Waals surface area (Å²) in [7, 11) is 0. The second kappa shape index (κ2) is 4.57. The molecule has 0 fully saturated rings. The first kappa shape index (κ1) is 13.4. The molecule has 0 unspecified atom stereocenters. The van der Waals surface area contributed by atoms with E-state index in [4.69, 9.17) is 10.5 Å². The van der Waals surface area contributed by atoms with Gasteiger partial charge in [0.15, 0.2) is 0 Å². The quantitative estimate of drug-likeness (QED) is 0.841. The number of hydrogen-bond acceptors (Lipinski definition) is 3. The standard InChI is InChI=1S/C14H18N2O3/c1-14(2,3)19-13(18)16-8-10(12(15)17)9-6-4-5-7-11(9)16/h4-7,10H,8H2,1-3H3,(H2,15,17)/t10-/m1/s1. The van der Waals surface area contributed by atoms with E-state index in [0.29, 0.717) is 5.69 Å². The lowest BCUT2D eigenvalue weighted by Crippen LogP contribution is -2.37. The Morgan fingerprint density at radius 2 is 1.95 bits per heavy atom. The van der Waals surface area contributed by atoms with Crippen molar-refractivity contribution in [1.29, 1.82) is 0 Å². The Kier molecular flexibility index (Phi) is 3.22. The van der Waals surface area contributed by atoms with E-state index in [1.54, 1.807) is 26.8 Å². The molecule has 1 aromatic carbocycles. The number of para-hydroxylation sites is 1. The minimum atomic E-state index is -0.573. The summed E-state index contributed by atoms with van der Waals surface area (Å²) < 4.78 is 5.34. The van der Waals surface area contributed by atoms with Crippen LogP contribution in [0.4, 0.5) is 10.5 Å². The van der Waals surface area contributed by atoms with Gasteiger partial charge in [-0.1, -0.05) is 18.2 Å². The van der Waals surface area contributed by atoms with Gasteiger partial charge in [0.1, 0.15) is 5.60 Å². The molecule has 1 heterocycles. The molecule has 5 heteroatoms. The molecule has 0 saturated heterocycles. The minimum absolute atomic E-state index is 0.240. The van der Waals surface area contributed by atoms with E-state index in [2.05, 4.69) is 0 Å². The van der Waals surface area contributed by atoms with Gasteiger partial charge in [-0.25, -0.2) is 4.79 Å². The number of fused-ring (bicyclic) bond motifs is 1. The Morgan fingerprint density at radius 1 is 1.32 bits per heavy atom. The van der Waals surface area contributed by atoms with Crippen molar-refractivity contribution < 1.29 is 14.3 Å². The van der Waals surface area contributed by atoms with Crippen molar-refractivity contribution in [3.63, 3.8) is 0 Å². The summed E-state index contributed by atoms with van der Waals surface area (Å²) in [6.45, 7) is 5.65. The zero-order valence-corrected chi connectivity index (χ0v) is 11.3. The van der Waals surface area contributed by atoms with Crippen molar-refractivity contribution in [1.82, 2.24) is 0 Å². The van der Waals surface area contributed by atoms with Crippen LogP contribution < -0.4 is 10.6 Å². The summed E-state index contributed by atoms with van der Waals surface area (Å²) in [5, 5.41) is 0. The van der Waals surface area contributed by atoms with Gasteiger partial charge >= 0.3 is 6.09 Å². The molecule has 1 aliphatic heterocycles. The first-order valence-electron chi connectivity index (χ1n) is 6.18. The van der Waals surface area contributed by atoms with Crippen molar-refractivity contribution in [3.8, 4) is 0 Å². The second-order valence-corrected chi connectivity index (χ2v) is 5.60. The van der Waals surface area contributed by atoms with Gasteiger partial charge in [0.25, 0.3) is 0 Å². The largest absolute Gasteiger partial charge is 0.443 e. The number of anilines is 1. The van der Waals surface area contributed by atoms with Crippen molar-refractivity contribution in [2.75, 3.05) is 11.4 Å². The third kappa shape index (κ3) is 2.70. The summed E-state index contributed by atoms with van der Waals surface area (Å²) in [4.78, 5) is 25.1. The van der Waals surface area contributed by atoms with Crippen LogP contribution in [-0.2, 0) is 9.53 Å². The molecule has 0 bridgehead atoms. The molecule has 0 spiro atoms. The Balaban J connectivity index is 2.30. The highest BCUT2D eigenvalue weighted by Crippen LogP contribution is 2.36. The monoisotopic (exact) mass is 262 g/mol. The van der Waals surface area contributed by atoms with E-state index in [1.807, 2.05) is 18.2 Å². The maximum atomic E-state index is 12.1. The van der Waals surface area contributed by atoms with E-state index in [9.17, 15) is 9.59 Å². The molecule has 0 saturated carbocycles. The molecule has 0 aromatic heterocycles. The molecule has 0 aliphatic carbocycles. The smallest absolute Gasteiger partial charge is 0.414 e. The first-order chi connectivity index (χ1) is 8.79. The molecular weight excluding hydrogens is 244 g/mol. The number of ether oxygens (including phenoxy) is 1. The molecular formula is C14H18N2O3. The first-order valence-corrected chi connectivity index (χ1v) is 6.18. The normalized spacial score (nSPS) is 18.1. The van der Waals surface area contributed by atoms with Gasteiger partial charge in [0, 0.05) is 6.54 Å². The third-order valence-corrected chi connectivity index (χ3v) is 2.93. The molecule has 0 radical (unpaired) electrons. The maximum Gasteiger partial charge on any atom is 0.414 e. The number of rotatable bonds is 1. The van der Waals surface area contributed by atoms with Crippen molar-refractivity contribution in [2.24, 2.45) is 5.73 Å². The lowest BCUT2D eigenvalue weighted by Gasteiger charge is -2.24. The summed E-state index contributed by atoms with van der Waals surface area (Å²) in [6, 6.07) is 7.25. The van der Waals surface area contributed by atoms with Gasteiger partial charge in [-0.2, -0.15) is 0 Å². The van der Waals surface area contributed by atoms with Crippen molar-refractivity contribution >= 4 is 17.7 Å². The highest BCUT2D eigenvalue weighted by Gasteiger charge is 2.37.